The Morgan fingerprint density at radius 1 is 0.926 bits per heavy atom. The van der Waals surface area contributed by atoms with Crippen LogP contribution in [0.2, 0.25) is 10.0 Å². The number of aliphatic hydroxyl groups is 1. The summed E-state index contributed by atoms with van der Waals surface area (Å²) in [5.74, 6) is -0.237. The van der Waals surface area contributed by atoms with E-state index in [0.717, 1.165) is 10.0 Å². The number of halogens is 3. The molecule has 0 saturated carbocycles. The molecule has 0 bridgehead atoms. The van der Waals surface area contributed by atoms with Gasteiger partial charge in [0.05, 0.1) is 0 Å². The van der Waals surface area contributed by atoms with Gasteiger partial charge in [0.15, 0.2) is 5.72 Å². The maximum atomic E-state index is 13.2. The van der Waals surface area contributed by atoms with Crippen LogP contribution in [0.15, 0.2) is 71.2 Å². The smallest absolute Gasteiger partial charge is 0.257 e. The molecule has 6 heteroatoms. The molecule has 3 aromatic carbocycles. The quantitative estimate of drug-likeness (QED) is 0.549. The summed E-state index contributed by atoms with van der Waals surface area (Å²) < 4.78 is 0.779. The zero-order valence-corrected chi connectivity index (χ0v) is 17.1. The molecule has 0 fully saturated rings. The van der Waals surface area contributed by atoms with Crippen molar-refractivity contribution in [3.05, 3.63) is 104 Å². The molecule has 1 heterocycles. The van der Waals surface area contributed by atoms with Crippen molar-refractivity contribution in [1.82, 2.24) is 4.90 Å². The van der Waals surface area contributed by atoms with Gasteiger partial charge < -0.3 is 5.11 Å². The lowest BCUT2D eigenvalue weighted by atomic mass is 9.93. The van der Waals surface area contributed by atoms with Gasteiger partial charge in [0.25, 0.3) is 5.91 Å². The summed E-state index contributed by atoms with van der Waals surface area (Å²) in [5, 5.41) is 12.9. The Kier molecular flexibility index (Phi) is 4.77. The molecule has 136 valence electrons. The average Bonchev–Trinajstić information content (AvgIpc) is 2.86. The third-order valence-electron chi connectivity index (χ3n) is 4.72. The fraction of sp³-hybridized carbons (Fsp3) is 0.0952. The summed E-state index contributed by atoms with van der Waals surface area (Å²) in [4.78, 5) is 14.6. The average molecular weight is 463 g/mol. The number of benzene rings is 3. The zero-order chi connectivity index (χ0) is 19.2. The van der Waals surface area contributed by atoms with Crippen LogP contribution in [0, 0.1) is 0 Å². The molecule has 0 aromatic heterocycles. The molecule has 0 spiro atoms. The van der Waals surface area contributed by atoms with Crippen molar-refractivity contribution in [2.75, 3.05) is 0 Å². The number of nitrogens with zero attached hydrogens (tertiary/aromatic N) is 1. The highest BCUT2D eigenvalue weighted by Crippen LogP contribution is 2.44. The van der Waals surface area contributed by atoms with E-state index in [1.807, 2.05) is 18.2 Å². The molecule has 3 nitrogen and oxygen atoms in total. The molecule has 3 aromatic rings. The van der Waals surface area contributed by atoms with Gasteiger partial charge >= 0.3 is 0 Å². The van der Waals surface area contributed by atoms with Gasteiger partial charge in [-0.3, -0.25) is 9.69 Å². The van der Waals surface area contributed by atoms with Crippen molar-refractivity contribution in [3.63, 3.8) is 0 Å². The normalized spacial score (nSPS) is 18.7. The first-order valence-electron chi connectivity index (χ1n) is 8.24. The molecule has 1 N–H and O–H groups in total. The summed E-state index contributed by atoms with van der Waals surface area (Å²) in [5.41, 5.74) is 0.877. The van der Waals surface area contributed by atoms with Crippen LogP contribution in [0.4, 0.5) is 0 Å². The monoisotopic (exact) mass is 461 g/mol. The third kappa shape index (κ3) is 3.17. The van der Waals surface area contributed by atoms with Gasteiger partial charge in [-0.1, -0.05) is 69.5 Å². The van der Waals surface area contributed by atoms with Crippen molar-refractivity contribution in [1.29, 1.82) is 0 Å². The SMILES string of the molecule is O=C1c2cc(Br)ccc2C(O)(c2ccc(Cl)cc2)N1Cc1ccc(Cl)cc1. The largest absolute Gasteiger partial charge is 0.363 e. The van der Waals surface area contributed by atoms with Gasteiger partial charge in [-0.05, 0) is 42.0 Å². The summed E-state index contributed by atoms with van der Waals surface area (Å²) >= 11 is 15.4. The van der Waals surface area contributed by atoms with E-state index in [4.69, 9.17) is 23.2 Å². The van der Waals surface area contributed by atoms with E-state index in [-0.39, 0.29) is 12.5 Å². The molecule has 0 radical (unpaired) electrons. The minimum atomic E-state index is -1.59. The lowest BCUT2D eigenvalue weighted by Gasteiger charge is -2.35. The van der Waals surface area contributed by atoms with Gasteiger partial charge in [-0.15, -0.1) is 0 Å². The summed E-state index contributed by atoms with van der Waals surface area (Å²) in [6, 6.07) is 19.4. The Hall–Kier alpha value is -1.85. The van der Waals surface area contributed by atoms with E-state index < -0.39 is 5.72 Å². The highest BCUT2D eigenvalue weighted by molar-refractivity contribution is 9.10. The molecule has 1 aliphatic heterocycles. The van der Waals surface area contributed by atoms with Crippen LogP contribution in [0.5, 0.6) is 0 Å². The molecule has 1 aliphatic rings. The van der Waals surface area contributed by atoms with Gasteiger partial charge in [-0.2, -0.15) is 0 Å². The Labute approximate surface area is 175 Å². The molecular weight excluding hydrogens is 449 g/mol. The van der Waals surface area contributed by atoms with Crippen LogP contribution in [0.3, 0.4) is 0 Å². The highest BCUT2D eigenvalue weighted by atomic mass is 79.9. The second kappa shape index (κ2) is 6.95. The van der Waals surface area contributed by atoms with Crippen molar-refractivity contribution in [3.8, 4) is 0 Å². The third-order valence-corrected chi connectivity index (χ3v) is 5.72. The van der Waals surface area contributed by atoms with Crippen molar-refractivity contribution >= 4 is 45.0 Å². The first-order valence-corrected chi connectivity index (χ1v) is 9.79. The molecule has 27 heavy (non-hydrogen) atoms. The summed E-state index contributed by atoms with van der Waals surface area (Å²) in [7, 11) is 0. The number of amides is 1. The molecule has 1 amide bonds. The molecule has 0 saturated heterocycles. The van der Waals surface area contributed by atoms with Crippen molar-refractivity contribution in [2.45, 2.75) is 12.3 Å². The number of hydrogen-bond acceptors (Lipinski definition) is 2. The number of carbonyl (C=O) groups is 1. The van der Waals surface area contributed by atoms with Crippen LogP contribution >= 0.6 is 39.1 Å². The lowest BCUT2D eigenvalue weighted by Crippen LogP contribution is -2.44. The van der Waals surface area contributed by atoms with E-state index >= 15 is 0 Å². The van der Waals surface area contributed by atoms with E-state index in [1.54, 1.807) is 48.5 Å². The summed E-state index contributed by atoms with van der Waals surface area (Å²) in [6.07, 6.45) is 0. The number of carbonyl (C=O) groups excluding carboxylic acids is 1. The Bertz CT molecular complexity index is 1020. The fourth-order valence-electron chi connectivity index (χ4n) is 3.39. The molecule has 0 aliphatic carbocycles. The number of rotatable bonds is 3. The van der Waals surface area contributed by atoms with Gasteiger partial charge in [0, 0.05) is 37.8 Å². The van der Waals surface area contributed by atoms with Crippen LogP contribution in [-0.2, 0) is 12.3 Å². The van der Waals surface area contributed by atoms with E-state index in [0.29, 0.717) is 26.7 Å². The van der Waals surface area contributed by atoms with Crippen LogP contribution < -0.4 is 0 Å². The Morgan fingerprint density at radius 2 is 1.52 bits per heavy atom. The fourth-order valence-corrected chi connectivity index (χ4v) is 4.00. The predicted octanol–water partition coefficient (Wildman–Crippen LogP) is 5.61. The maximum Gasteiger partial charge on any atom is 0.257 e. The highest BCUT2D eigenvalue weighted by Gasteiger charge is 2.49. The van der Waals surface area contributed by atoms with E-state index in [9.17, 15) is 9.90 Å². The minimum absolute atomic E-state index is 0.237. The first-order chi connectivity index (χ1) is 12.9. The molecule has 1 unspecified atom stereocenters. The van der Waals surface area contributed by atoms with Crippen LogP contribution in [0.1, 0.15) is 27.0 Å². The van der Waals surface area contributed by atoms with Gasteiger partial charge in [0.1, 0.15) is 0 Å². The van der Waals surface area contributed by atoms with Gasteiger partial charge in [0.2, 0.25) is 0 Å². The zero-order valence-electron chi connectivity index (χ0n) is 14.0. The number of fused-ring (bicyclic) bond motifs is 1. The molecule has 4 rings (SSSR count). The standard InChI is InChI=1S/C21H14BrCl2NO2/c22-15-5-10-19-18(11-15)20(26)25(12-13-1-6-16(23)7-2-13)21(19,27)14-3-8-17(24)9-4-14/h1-11,27H,12H2. The molecular formula is C21H14BrCl2NO2. The second-order valence-electron chi connectivity index (χ2n) is 6.39. The maximum absolute atomic E-state index is 13.2. The van der Waals surface area contributed by atoms with Crippen molar-refractivity contribution < 1.29 is 9.90 Å². The van der Waals surface area contributed by atoms with E-state index in [1.165, 1.54) is 4.90 Å². The summed E-state index contributed by atoms with van der Waals surface area (Å²) in [6.45, 7) is 0.238. The van der Waals surface area contributed by atoms with Crippen LogP contribution in [-0.4, -0.2) is 15.9 Å². The second-order valence-corrected chi connectivity index (χ2v) is 8.18. The van der Waals surface area contributed by atoms with Crippen molar-refractivity contribution in [2.24, 2.45) is 0 Å². The van der Waals surface area contributed by atoms with E-state index in [2.05, 4.69) is 15.9 Å². The topological polar surface area (TPSA) is 40.5 Å². The Morgan fingerprint density at radius 3 is 2.15 bits per heavy atom. The minimum Gasteiger partial charge on any atom is -0.363 e. The van der Waals surface area contributed by atoms with Crippen LogP contribution in [0.25, 0.3) is 0 Å². The predicted molar refractivity (Wildman–Crippen MR) is 110 cm³/mol. The lowest BCUT2D eigenvalue weighted by molar-refractivity contribution is -0.0542. The Balaban J connectivity index is 1.86. The molecule has 1 atom stereocenters. The van der Waals surface area contributed by atoms with Gasteiger partial charge in [-0.25, -0.2) is 0 Å². The number of hydrogen-bond donors (Lipinski definition) is 1. The first kappa shape index (κ1) is 18.5.